The maximum Gasteiger partial charge on any atom is 0.297 e. The maximum atomic E-state index is 6.03. The zero-order valence-electron chi connectivity index (χ0n) is 19.7. The van der Waals surface area contributed by atoms with Gasteiger partial charge in [-0.1, -0.05) is 0 Å². The van der Waals surface area contributed by atoms with Crippen LogP contribution in [0, 0.1) is 0 Å². The summed E-state index contributed by atoms with van der Waals surface area (Å²) in [6.45, 7) is 8.06. The van der Waals surface area contributed by atoms with Crippen molar-refractivity contribution in [3.8, 4) is 17.2 Å². The second kappa shape index (κ2) is 10.2. The summed E-state index contributed by atoms with van der Waals surface area (Å²) in [5.74, 6) is 1.70. The molecule has 0 aliphatic carbocycles. The number of nitrogens with zero attached hydrogens (tertiary/aromatic N) is 4. The smallest absolute Gasteiger partial charge is 0.297 e. The molecular weight excluding hydrogens is 430 g/mol. The van der Waals surface area contributed by atoms with Crippen molar-refractivity contribution >= 4 is 17.2 Å². The van der Waals surface area contributed by atoms with Crippen LogP contribution in [-0.2, 0) is 6.54 Å². The maximum absolute atomic E-state index is 6.03. The van der Waals surface area contributed by atoms with E-state index in [1.165, 1.54) is 5.56 Å². The van der Waals surface area contributed by atoms with Crippen LogP contribution in [0.5, 0.6) is 11.5 Å². The largest absolute Gasteiger partial charge is 0.492 e. The van der Waals surface area contributed by atoms with Crippen molar-refractivity contribution in [2.24, 2.45) is 0 Å². The lowest BCUT2D eigenvalue weighted by Gasteiger charge is -2.32. The molecule has 0 amide bonds. The van der Waals surface area contributed by atoms with Crippen LogP contribution in [0.15, 0.2) is 59.4 Å². The van der Waals surface area contributed by atoms with Gasteiger partial charge < -0.3 is 23.8 Å². The number of likely N-dealkylation sites (tertiary alicyclic amines) is 1. The van der Waals surface area contributed by atoms with Gasteiger partial charge in [-0.05, 0) is 68.7 Å². The Labute approximate surface area is 199 Å². The van der Waals surface area contributed by atoms with Crippen LogP contribution in [-0.4, -0.2) is 51.8 Å². The number of anilines is 1. The van der Waals surface area contributed by atoms with Crippen LogP contribution in [0.3, 0.4) is 0 Å². The van der Waals surface area contributed by atoms with Crippen LogP contribution in [0.1, 0.15) is 32.3 Å². The first-order valence-electron chi connectivity index (χ1n) is 12.0. The number of ether oxygens (including phenoxy) is 2. The van der Waals surface area contributed by atoms with Gasteiger partial charge in [0.15, 0.2) is 5.58 Å². The molecule has 8 nitrogen and oxygen atoms in total. The fourth-order valence-electron chi connectivity index (χ4n) is 4.50. The van der Waals surface area contributed by atoms with Crippen molar-refractivity contribution in [2.75, 3.05) is 31.6 Å². The Hall–Kier alpha value is -3.52. The van der Waals surface area contributed by atoms with Crippen molar-refractivity contribution in [3.63, 3.8) is 0 Å². The third-order valence-corrected chi connectivity index (χ3v) is 6.05. The van der Waals surface area contributed by atoms with Gasteiger partial charge in [-0.2, -0.15) is 4.98 Å². The molecule has 178 valence electrons. The highest BCUT2D eigenvalue weighted by atomic mass is 16.5. The number of hydrogen-bond acceptors (Lipinski definition) is 7. The first kappa shape index (κ1) is 22.3. The minimum absolute atomic E-state index is 0.332. The lowest BCUT2D eigenvalue weighted by Crippen LogP contribution is -2.38. The van der Waals surface area contributed by atoms with E-state index in [2.05, 4.69) is 36.9 Å². The summed E-state index contributed by atoms with van der Waals surface area (Å²) in [5, 5.41) is 3.44. The zero-order valence-corrected chi connectivity index (χ0v) is 19.7. The number of oxazole rings is 1. The van der Waals surface area contributed by atoms with Crippen molar-refractivity contribution in [1.82, 2.24) is 19.4 Å². The number of fused-ring (bicyclic) bond motifs is 1. The zero-order chi connectivity index (χ0) is 23.3. The SMILES string of the molecule is CCOc1cc(CN2CCC(Nc3nc4ncccc4o3)CC2)cc(OCC)c1-n1cccc1. The van der Waals surface area contributed by atoms with Gasteiger partial charge in [0.05, 0.1) is 13.2 Å². The van der Waals surface area contributed by atoms with E-state index < -0.39 is 0 Å². The highest BCUT2D eigenvalue weighted by Gasteiger charge is 2.22. The molecule has 0 saturated carbocycles. The molecule has 5 rings (SSSR count). The molecule has 34 heavy (non-hydrogen) atoms. The molecule has 1 aliphatic rings. The number of piperidine rings is 1. The molecule has 1 saturated heterocycles. The van der Waals surface area contributed by atoms with Crippen LogP contribution in [0.4, 0.5) is 6.01 Å². The molecule has 0 spiro atoms. The van der Waals surface area contributed by atoms with Gasteiger partial charge >= 0.3 is 0 Å². The Morgan fingerprint density at radius 1 is 1.03 bits per heavy atom. The number of hydrogen-bond donors (Lipinski definition) is 1. The van der Waals surface area contributed by atoms with Crippen LogP contribution < -0.4 is 14.8 Å². The van der Waals surface area contributed by atoms with Gasteiger partial charge in [-0.15, -0.1) is 0 Å². The number of benzene rings is 1. The summed E-state index contributed by atoms with van der Waals surface area (Å²) in [6, 6.07) is 12.9. The average Bonchev–Trinajstić information content (AvgIpc) is 3.50. The normalized spacial score (nSPS) is 15.0. The van der Waals surface area contributed by atoms with E-state index in [1.807, 2.05) is 50.5 Å². The van der Waals surface area contributed by atoms with Crippen LogP contribution in [0.25, 0.3) is 16.9 Å². The summed E-state index contributed by atoms with van der Waals surface area (Å²) in [6.07, 6.45) is 7.80. The molecule has 4 aromatic rings. The molecule has 1 aromatic carbocycles. The number of nitrogens with one attached hydrogen (secondary N) is 1. The van der Waals surface area contributed by atoms with Gasteiger partial charge in [0, 0.05) is 44.3 Å². The van der Waals surface area contributed by atoms with E-state index in [0.717, 1.165) is 49.7 Å². The van der Waals surface area contributed by atoms with E-state index in [9.17, 15) is 0 Å². The molecule has 1 N–H and O–H groups in total. The van der Waals surface area contributed by atoms with E-state index in [1.54, 1.807) is 6.20 Å². The minimum Gasteiger partial charge on any atom is -0.492 e. The third kappa shape index (κ3) is 4.87. The number of pyridine rings is 1. The first-order chi connectivity index (χ1) is 16.7. The van der Waals surface area contributed by atoms with E-state index in [-0.39, 0.29) is 0 Å². The van der Waals surface area contributed by atoms with Gasteiger partial charge in [0.2, 0.25) is 5.65 Å². The molecule has 4 heterocycles. The van der Waals surface area contributed by atoms with Crippen molar-refractivity contribution < 1.29 is 13.9 Å². The molecule has 0 unspecified atom stereocenters. The number of aromatic nitrogens is 3. The van der Waals surface area contributed by atoms with E-state index in [4.69, 9.17) is 13.9 Å². The molecule has 0 radical (unpaired) electrons. The first-order valence-corrected chi connectivity index (χ1v) is 12.0. The monoisotopic (exact) mass is 461 g/mol. The Balaban J connectivity index is 1.26. The fourth-order valence-corrected chi connectivity index (χ4v) is 4.50. The predicted molar refractivity (Wildman–Crippen MR) is 132 cm³/mol. The molecular formula is C26H31N5O3. The predicted octanol–water partition coefficient (Wildman–Crippen LogP) is 4.89. The highest BCUT2D eigenvalue weighted by molar-refractivity contribution is 5.69. The van der Waals surface area contributed by atoms with E-state index in [0.29, 0.717) is 36.5 Å². The molecule has 0 bridgehead atoms. The topological polar surface area (TPSA) is 77.6 Å². The summed E-state index contributed by atoms with van der Waals surface area (Å²) in [7, 11) is 0. The van der Waals surface area contributed by atoms with Gasteiger partial charge in [-0.25, -0.2) is 4.98 Å². The quantitative estimate of drug-likeness (QED) is 0.380. The van der Waals surface area contributed by atoms with Crippen molar-refractivity contribution in [3.05, 3.63) is 60.6 Å². The summed E-state index contributed by atoms with van der Waals surface area (Å²) < 4.78 is 19.9. The van der Waals surface area contributed by atoms with E-state index >= 15 is 0 Å². The third-order valence-electron chi connectivity index (χ3n) is 6.05. The van der Waals surface area contributed by atoms with Crippen LogP contribution in [0.2, 0.25) is 0 Å². The van der Waals surface area contributed by atoms with Gasteiger partial charge in [0.25, 0.3) is 6.01 Å². The van der Waals surface area contributed by atoms with Crippen molar-refractivity contribution in [2.45, 2.75) is 39.3 Å². The highest BCUT2D eigenvalue weighted by Crippen LogP contribution is 2.35. The van der Waals surface area contributed by atoms with Crippen molar-refractivity contribution in [1.29, 1.82) is 0 Å². The second-order valence-corrected chi connectivity index (χ2v) is 8.44. The Morgan fingerprint density at radius 2 is 1.74 bits per heavy atom. The Morgan fingerprint density at radius 3 is 2.38 bits per heavy atom. The Kier molecular flexibility index (Phi) is 6.67. The summed E-state index contributed by atoms with van der Waals surface area (Å²) in [5.41, 5.74) is 3.49. The molecule has 1 fully saturated rings. The molecule has 3 aromatic heterocycles. The summed E-state index contributed by atoms with van der Waals surface area (Å²) >= 11 is 0. The lowest BCUT2D eigenvalue weighted by molar-refractivity contribution is 0.209. The average molecular weight is 462 g/mol. The number of rotatable bonds is 9. The summed E-state index contributed by atoms with van der Waals surface area (Å²) in [4.78, 5) is 11.2. The fraction of sp³-hybridized carbons (Fsp3) is 0.385. The molecule has 8 heteroatoms. The van der Waals surface area contributed by atoms with Gasteiger partial charge in [0.1, 0.15) is 17.2 Å². The van der Waals surface area contributed by atoms with Crippen LogP contribution >= 0.6 is 0 Å². The van der Waals surface area contributed by atoms with Gasteiger partial charge in [-0.3, -0.25) is 4.90 Å². The Bertz CT molecular complexity index is 1150. The standard InChI is InChI=1S/C26H31N5O3/c1-3-32-22-16-19(17-23(33-4-2)24(22)31-12-5-6-13-31)18-30-14-9-20(10-15-30)28-26-29-25-21(34-26)8-7-11-27-25/h5-8,11-13,16-17,20H,3-4,9-10,14-15,18H2,1-2H3,(H,27,28,29). The molecule has 0 atom stereocenters. The lowest BCUT2D eigenvalue weighted by atomic mass is 10.0. The minimum atomic E-state index is 0.332. The second-order valence-electron chi connectivity index (χ2n) is 8.44. The molecule has 1 aliphatic heterocycles.